The van der Waals surface area contributed by atoms with Crippen LogP contribution in [-0.2, 0) is 18.4 Å². The smallest absolute Gasteiger partial charge is 0.119 e. The Bertz CT molecular complexity index is 986. The Hall–Kier alpha value is -2.04. The zero-order valence-corrected chi connectivity index (χ0v) is 21.7. The van der Waals surface area contributed by atoms with Crippen LogP contribution in [0.15, 0.2) is 72.8 Å². The molecule has 34 heavy (non-hydrogen) atoms. The highest BCUT2D eigenvalue weighted by Crippen LogP contribution is 2.33. The molecular weight excluding hydrogens is 465 g/mol. The number of rotatable bonds is 13. The Labute approximate surface area is 214 Å². The van der Waals surface area contributed by atoms with E-state index in [-0.39, 0.29) is 0 Å². The van der Waals surface area contributed by atoms with Crippen LogP contribution in [0.3, 0.4) is 0 Å². The maximum atomic E-state index is 11.8. The Morgan fingerprint density at radius 1 is 0.794 bits per heavy atom. The molecule has 0 radical (unpaired) electrons. The molecule has 0 saturated carbocycles. The molecule has 182 valence electrons. The summed E-state index contributed by atoms with van der Waals surface area (Å²) in [4.78, 5) is 2.33. The van der Waals surface area contributed by atoms with Gasteiger partial charge in [0.15, 0.2) is 0 Å². The van der Waals surface area contributed by atoms with Gasteiger partial charge in [0.25, 0.3) is 0 Å². The number of likely N-dealkylation sites (N-methyl/N-ethyl adjacent to an activating group) is 1. The standard InChI is InChI=1S/C29H35Cl2NO2/c1-3-32(4-2)20-21-34-28-17-11-25(12-18-28)29(33,22-24-9-15-27(31)16-10-24)19-5-6-23-7-13-26(30)14-8-23/h7-18,33H,3-6,19-22H2,1-2H3. The van der Waals surface area contributed by atoms with Gasteiger partial charge in [-0.15, -0.1) is 0 Å². The second kappa shape index (κ2) is 13.2. The Balaban J connectivity index is 1.70. The molecule has 0 spiro atoms. The van der Waals surface area contributed by atoms with Crippen LogP contribution in [0.5, 0.6) is 5.75 Å². The number of hydrogen-bond donors (Lipinski definition) is 1. The summed E-state index contributed by atoms with van der Waals surface area (Å²) in [5.41, 5.74) is 2.18. The molecule has 1 unspecified atom stereocenters. The van der Waals surface area contributed by atoms with E-state index in [1.54, 1.807) is 0 Å². The van der Waals surface area contributed by atoms with Crippen LogP contribution in [0.25, 0.3) is 0 Å². The minimum Gasteiger partial charge on any atom is -0.492 e. The fourth-order valence-electron chi connectivity index (χ4n) is 4.20. The highest BCUT2D eigenvalue weighted by molar-refractivity contribution is 6.30. The lowest BCUT2D eigenvalue weighted by molar-refractivity contribution is 0.0256. The molecular formula is C29H35Cl2NO2. The van der Waals surface area contributed by atoms with E-state index in [9.17, 15) is 5.11 Å². The Morgan fingerprint density at radius 3 is 1.91 bits per heavy atom. The van der Waals surface area contributed by atoms with E-state index in [4.69, 9.17) is 27.9 Å². The van der Waals surface area contributed by atoms with Crippen LogP contribution in [0.4, 0.5) is 0 Å². The molecule has 3 aromatic rings. The maximum absolute atomic E-state index is 11.8. The first-order valence-electron chi connectivity index (χ1n) is 12.1. The van der Waals surface area contributed by atoms with Crippen LogP contribution in [0.1, 0.15) is 43.4 Å². The molecule has 1 N–H and O–H groups in total. The molecule has 0 fully saturated rings. The van der Waals surface area contributed by atoms with Crippen LogP contribution >= 0.6 is 23.2 Å². The molecule has 0 aliphatic rings. The van der Waals surface area contributed by atoms with Gasteiger partial charge in [0.05, 0.1) is 5.60 Å². The van der Waals surface area contributed by atoms with Crippen molar-refractivity contribution in [2.45, 2.75) is 45.1 Å². The third-order valence-corrected chi connectivity index (χ3v) is 6.85. The van der Waals surface area contributed by atoms with Crippen molar-refractivity contribution in [3.05, 3.63) is 99.5 Å². The quantitative estimate of drug-likeness (QED) is 0.270. The Kier molecular flexibility index (Phi) is 10.3. The molecule has 3 rings (SSSR count). The molecule has 3 nitrogen and oxygen atoms in total. The monoisotopic (exact) mass is 499 g/mol. The van der Waals surface area contributed by atoms with Gasteiger partial charge in [-0.05, 0) is 85.4 Å². The van der Waals surface area contributed by atoms with Crippen LogP contribution in [-0.4, -0.2) is 36.2 Å². The molecule has 0 aromatic heterocycles. The second-order valence-electron chi connectivity index (χ2n) is 8.71. The predicted octanol–water partition coefficient (Wildman–Crippen LogP) is 7.17. The van der Waals surface area contributed by atoms with Gasteiger partial charge in [-0.3, -0.25) is 0 Å². The van der Waals surface area contributed by atoms with Crippen molar-refractivity contribution < 1.29 is 9.84 Å². The lowest BCUT2D eigenvalue weighted by Gasteiger charge is -2.29. The molecule has 0 bridgehead atoms. The van der Waals surface area contributed by atoms with Gasteiger partial charge < -0.3 is 14.7 Å². The fraction of sp³-hybridized carbons (Fsp3) is 0.379. The number of nitrogens with zero attached hydrogens (tertiary/aromatic N) is 1. The maximum Gasteiger partial charge on any atom is 0.119 e. The average molecular weight is 501 g/mol. The number of ether oxygens (including phenoxy) is 1. The van der Waals surface area contributed by atoms with Crippen molar-refractivity contribution >= 4 is 23.2 Å². The van der Waals surface area contributed by atoms with Crippen molar-refractivity contribution in [1.82, 2.24) is 4.90 Å². The number of hydrogen-bond acceptors (Lipinski definition) is 3. The molecule has 1 atom stereocenters. The first kappa shape index (κ1) is 26.6. The summed E-state index contributed by atoms with van der Waals surface area (Å²) in [5.74, 6) is 0.825. The highest BCUT2D eigenvalue weighted by Gasteiger charge is 2.29. The third kappa shape index (κ3) is 8.02. The highest BCUT2D eigenvalue weighted by atomic mass is 35.5. The van der Waals surface area contributed by atoms with E-state index in [2.05, 4.69) is 18.7 Å². The van der Waals surface area contributed by atoms with Gasteiger partial charge in [0.2, 0.25) is 0 Å². The van der Waals surface area contributed by atoms with Gasteiger partial charge in [0, 0.05) is 23.0 Å². The van der Waals surface area contributed by atoms with Crippen LogP contribution < -0.4 is 4.74 Å². The van der Waals surface area contributed by atoms with E-state index >= 15 is 0 Å². The summed E-state index contributed by atoms with van der Waals surface area (Å²) < 4.78 is 5.94. The third-order valence-electron chi connectivity index (χ3n) is 6.34. The van der Waals surface area contributed by atoms with E-state index in [1.807, 2.05) is 72.8 Å². The summed E-state index contributed by atoms with van der Waals surface area (Å²) in [7, 11) is 0. The summed E-state index contributed by atoms with van der Waals surface area (Å²) >= 11 is 12.1. The summed E-state index contributed by atoms with van der Waals surface area (Å²) in [6.45, 7) is 7.91. The Morgan fingerprint density at radius 2 is 1.35 bits per heavy atom. The van der Waals surface area contributed by atoms with Gasteiger partial charge in [-0.2, -0.15) is 0 Å². The van der Waals surface area contributed by atoms with E-state index in [0.29, 0.717) is 24.5 Å². The molecule has 0 amide bonds. The first-order valence-corrected chi connectivity index (χ1v) is 12.8. The normalized spacial score (nSPS) is 13.1. The molecule has 0 aliphatic heterocycles. The lowest BCUT2D eigenvalue weighted by atomic mass is 9.82. The van der Waals surface area contributed by atoms with Gasteiger partial charge in [-0.25, -0.2) is 0 Å². The summed E-state index contributed by atoms with van der Waals surface area (Å²) in [6.07, 6.45) is 2.90. The minimum atomic E-state index is -0.986. The predicted molar refractivity (Wildman–Crippen MR) is 143 cm³/mol. The van der Waals surface area contributed by atoms with Gasteiger partial charge in [0.1, 0.15) is 12.4 Å². The molecule has 0 saturated heterocycles. The largest absolute Gasteiger partial charge is 0.492 e. The van der Waals surface area contributed by atoms with Crippen LogP contribution in [0, 0.1) is 0 Å². The number of halogens is 2. The van der Waals surface area contributed by atoms with E-state index in [1.165, 1.54) is 5.56 Å². The first-order chi connectivity index (χ1) is 16.4. The minimum absolute atomic E-state index is 0.521. The molecule has 0 heterocycles. The number of benzene rings is 3. The van der Waals surface area contributed by atoms with Crippen LogP contribution in [0.2, 0.25) is 10.0 Å². The van der Waals surface area contributed by atoms with Crippen molar-refractivity contribution in [1.29, 1.82) is 0 Å². The molecule has 0 aliphatic carbocycles. The SMILES string of the molecule is CCN(CC)CCOc1ccc(C(O)(CCCc2ccc(Cl)cc2)Cc2ccc(Cl)cc2)cc1. The van der Waals surface area contributed by atoms with Gasteiger partial charge in [-0.1, -0.05) is 73.4 Å². The lowest BCUT2D eigenvalue weighted by Crippen LogP contribution is -2.29. The summed E-state index contributed by atoms with van der Waals surface area (Å²) in [6, 6.07) is 23.5. The van der Waals surface area contributed by atoms with E-state index < -0.39 is 5.60 Å². The zero-order chi connectivity index (χ0) is 24.4. The number of aliphatic hydroxyl groups is 1. The van der Waals surface area contributed by atoms with Crippen molar-refractivity contribution in [2.24, 2.45) is 0 Å². The second-order valence-corrected chi connectivity index (χ2v) is 9.59. The zero-order valence-electron chi connectivity index (χ0n) is 20.1. The van der Waals surface area contributed by atoms with Crippen molar-refractivity contribution in [3.63, 3.8) is 0 Å². The topological polar surface area (TPSA) is 32.7 Å². The summed E-state index contributed by atoms with van der Waals surface area (Å²) in [5, 5.41) is 13.3. The van der Waals surface area contributed by atoms with E-state index in [0.717, 1.165) is 54.4 Å². The van der Waals surface area contributed by atoms with Gasteiger partial charge >= 0.3 is 0 Å². The fourth-order valence-corrected chi connectivity index (χ4v) is 4.46. The molecule has 3 aromatic carbocycles. The van der Waals surface area contributed by atoms with Crippen molar-refractivity contribution in [2.75, 3.05) is 26.2 Å². The van der Waals surface area contributed by atoms with Crippen molar-refractivity contribution in [3.8, 4) is 5.75 Å². The molecule has 5 heteroatoms. The average Bonchev–Trinajstić information content (AvgIpc) is 2.85. The number of aryl methyl sites for hydroxylation is 1.